The van der Waals surface area contributed by atoms with Gasteiger partial charge < -0.3 is 10.1 Å². The molecule has 0 saturated heterocycles. The number of carbonyl (C=O) groups excluding carboxylic acids is 1. The fourth-order valence-electron chi connectivity index (χ4n) is 2.14. The maximum Gasteiger partial charge on any atom is 0.237 e. The Bertz CT molecular complexity index is 834. The second kappa shape index (κ2) is 7.85. The molecular weight excluding hydrogens is 336 g/mol. The third kappa shape index (κ3) is 4.39. The summed E-state index contributed by atoms with van der Waals surface area (Å²) in [5, 5.41) is 7.51. The summed E-state index contributed by atoms with van der Waals surface area (Å²) in [7, 11) is 1.61. The number of nitrogens with one attached hydrogen (secondary N) is 1. The molecule has 25 heavy (non-hydrogen) atoms. The number of aromatic nitrogens is 3. The van der Waals surface area contributed by atoms with Crippen molar-refractivity contribution in [1.82, 2.24) is 14.8 Å². The van der Waals surface area contributed by atoms with E-state index in [1.54, 1.807) is 42.4 Å². The monoisotopic (exact) mass is 354 g/mol. The van der Waals surface area contributed by atoms with Crippen molar-refractivity contribution in [1.29, 1.82) is 0 Å². The van der Waals surface area contributed by atoms with Gasteiger partial charge in [0.25, 0.3) is 0 Å². The Morgan fingerprint density at radius 2 is 1.88 bits per heavy atom. The average molecular weight is 354 g/mol. The highest BCUT2D eigenvalue weighted by molar-refractivity contribution is 8.00. The molecule has 3 aromatic rings. The lowest BCUT2D eigenvalue weighted by molar-refractivity contribution is -0.115. The van der Waals surface area contributed by atoms with Crippen LogP contribution in [0.4, 0.5) is 5.69 Å². The van der Waals surface area contributed by atoms with E-state index in [4.69, 9.17) is 4.74 Å². The number of methoxy groups -OCH3 is 1. The van der Waals surface area contributed by atoms with E-state index in [2.05, 4.69) is 15.4 Å². The second-order valence-electron chi connectivity index (χ2n) is 5.29. The van der Waals surface area contributed by atoms with Crippen LogP contribution in [0, 0.1) is 0 Å². The number of benzene rings is 2. The molecule has 0 radical (unpaired) electrons. The summed E-state index contributed by atoms with van der Waals surface area (Å²) < 4.78 is 6.79. The Labute approximate surface area is 150 Å². The van der Waals surface area contributed by atoms with E-state index in [1.807, 2.05) is 37.3 Å². The van der Waals surface area contributed by atoms with Crippen LogP contribution in [0.15, 0.2) is 66.1 Å². The Morgan fingerprint density at radius 3 is 2.56 bits per heavy atom. The van der Waals surface area contributed by atoms with E-state index in [1.165, 1.54) is 11.8 Å². The molecule has 6 nitrogen and oxygen atoms in total. The fourth-order valence-corrected chi connectivity index (χ4v) is 2.86. The number of ether oxygens (including phenoxy) is 1. The smallest absolute Gasteiger partial charge is 0.237 e. The first-order valence-electron chi connectivity index (χ1n) is 7.74. The first-order chi connectivity index (χ1) is 12.2. The SMILES string of the molecule is COc1ccc(NC(=O)[C@@H](C)Sc2ncn(-c3ccccc3)n2)cc1. The van der Waals surface area contributed by atoms with Crippen LogP contribution in [0.5, 0.6) is 5.75 Å². The molecule has 0 aliphatic heterocycles. The number of rotatable bonds is 6. The van der Waals surface area contributed by atoms with Gasteiger partial charge in [-0.15, -0.1) is 5.10 Å². The topological polar surface area (TPSA) is 69.0 Å². The minimum atomic E-state index is -0.325. The van der Waals surface area contributed by atoms with E-state index in [0.29, 0.717) is 5.16 Å². The predicted octanol–water partition coefficient (Wildman–Crippen LogP) is 3.40. The Balaban J connectivity index is 1.60. The molecule has 2 aromatic carbocycles. The largest absolute Gasteiger partial charge is 0.497 e. The van der Waals surface area contributed by atoms with Crippen molar-refractivity contribution >= 4 is 23.4 Å². The lowest BCUT2D eigenvalue weighted by Crippen LogP contribution is -2.22. The summed E-state index contributed by atoms with van der Waals surface area (Å²) in [6.45, 7) is 1.83. The predicted molar refractivity (Wildman–Crippen MR) is 98.3 cm³/mol. The van der Waals surface area contributed by atoms with Gasteiger partial charge in [-0.25, -0.2) is 9.67 Å². The van der Waals surface area contributed by atoms with Gasteiger partial charge in [-0.2, -0.15) is 0 Å². The Morgan fingerprint density at radius 1 is 1.16 bits per heavy atom. The number of hydrogen-bond donors (Lipinski definition) is 1. The summed E-state index contributed by atoms with van der Waals surface area (Å²) in [5.74, 6) is 0.641. The van der Waals surface area contributed by atoms with E-state index < -0.39 is 0 Å². The number of nitrogens with zero attached hydrogens (tertiary/aromatic N) is 3. The molecule has 128 valence electrons. The second-order valence-corrected chi connectivity index (χ2v) is 6.59. The van der Waals surface area contributed by atoms with Gasteiger partial charge in [0.15, 0.2) is 0 Å². The van der Waals surface area contributed by atoms with E-state index in [0.717, 1.165) is 17.1 Å². The molecule has 0 aliphatic carbocycles. The molecule has 3 rings (SSSR count). The lowest BCUT2D eigenvalue weighted by Gasteiger charge is -2.10. The first kappa shape index (κ1) is 17.0. The molecule has 0 aliphatic rings. The normalized spacial score (nSPS) is 11.8. The number of anilines is 1. The third-order valence-corrected chi connectivity index (χ3v) is 4.47. The fraction of sp³-hybridized carbons (Fsp3) is 0.167. The van der Waals surface area contributed by atoms with Gasteiger partial charge in [-0.05, 0) is 43.3 Å². The van der Waals surface area contributed by atoms with Gasteiger partial charge >= 0.3 is 0 Å². The molecule has 1 atom stereocenters. The highest BCUT2D eigenvalue weighted by Crippen LogP contribution is 2.22. The molecule has 0 saturated carbocycles. The van der Waals surface area contributed by atoms with Gasteiger partial charge in [0.1, 0.15) is 12.1 Å². The molecular formula is C18H18N4O2S. The van der Waals surface area contributed by atoms with Crippen molar-refractivity contribution in [2.24, 2.45) is 0 Å². The van der Waals surface area contributed by atoms with Crippen LogP contribution in [-0.4, -0.2) is 33.0 Å². The van der Waals surface area contributed by atoms with Crippen molar-refractivity contribution < 1.29 is 9.53 Å². The van der Waals surface area contributed by atoms with E-state index >= 15 is 0 Å². The van der Waals surface area contributed by atoms with Crippen molar-refractivity contribution in [2.75, 3.05) is 12.4 Å². The maximum atomic E-state index is 12.3. The number of carbonyl (C=O) groups is 1. The summed E-state index contributed by atoms with van der Waals surface area (Å²) in [6.07, 6.45) is 1.64. The molecule has 1 N–H and O–H groups in total. The lowest BCUT2D eigenvalue weighted by atomic mass is 10.3. The molecule has 1 aromatic heterocycles. The van der Waals surface area contributed by atoms with Gasteiger partial charge in [0, 0.05) is 5.69 Å². The van der Waals surface area contributed by atoms with Gasteiger partial charge in [0.2, 0.25) is 11.1 Å². The van der Waals surface area contributed by atoms with Crippen LogP contribution in [0.1, 0.15) is 6.92 Å². The molecule has 1 amide bonds. The molecule has 0 fully saturated rings. The highest BCUT2D eigenvalue weighted by Gasteiger charge is 2.17. The minimum Gasteiger partial charge on any atom is -0.497 e. The van der Waals surface area contributed by atoms with Crippen molar-refractivity contribution in [2.45, 2.75) is 17.3 Å². The average Bonchev–Trinajstić information content (AvgIpc) is 3.11. The van der Waals surface area contributed by atoms with Crippen molar-refractivity contribution in [3.63, 3.8) is 0 Å². The zero-order valence-electron chi connectivity index (χ0n) is 13.9. The summed E-state index contributed by atoms with van der Waals surface area (Å²) in [5.41, 5.74) is 1.65. The number of amides is 1. The molecule has 1 heterocycles. The van der Waals surface area contributed by atoms with Crippen molar-refractivity contribution in [3.8, 4) is 11.4 Å². The van der Waals surface area contributed by atoms with Crippen molar-refractivity contribution in [3.05, 3.63) is 60.9 Å². The number of hydrogen-bond acceptors (Lipinski definition) is 5. The summed E-state index contributed by atoms with van der Waals surface area (Å²) in [4.78, 5) is 16.6. The third-order valence-electron chi connectivity index (χ3n) is 3.50. The molecule has 0 spiro atoms. The minimum absolute atomic E-state index is 0.105. The highest BCUT2D eigenvalue weighted by atomic mass is 32.2. The molecule has 7 heteroatoms. The van der Waals surface area contributed by atoms with Crippen LogP contribution in [0.3, 0.4) is 0 Å². The number of para-hydroxylation sites is 1. The van der Waals surface area contributed by atoms with Gasteiger partial charge in [-0.3, -0.25) is 4.79 Å². The van der Waals surface area contributed by atoms with Crippen LogP contribution < -0.4 is 10.1 Å². The van der Waals surface area contributed by atoms with Crippen LogP contribution >= 0.6 is 11.8 Å². The molecule has 0 bridgehead atoms. The Kier molecular flexibility index (Phi) is 5.35. The van der Waals surface area contributed by atoms with Crippen LogP contribution in [0.25, 0.3) is 5.69 Å². The van der Waals surface area contributed by atoms with Crippen LogP contribution in [0.2, 0.25) is 0 Å². The number of thioether (sulfide) groups is 1. The van der Waals surface area contributed by atoms with E-state index in [-0.39, 0.29) is 11.2 Å². The van der Waals surface area contributed by atoms with E-state index in [9.17, 15) is 4.79 Å². The zero-order valence-corrected chi connectivity index (χ0v) is 14.7. The quantitative estimate of drug-likeness (QED) is 0.687. The van der Waals surface area contributed by atoms with Gasteiger partial charge in [-0.1, -0.05) is 30.0 Å². The first-order valence-corrected chi connectivity index (χ1v) is 8.62. The van der Waals surface area contributed by atoms with Gasteiger partial charge in [0.05, 0.1) is 18.0 Å². The molecule has 0 unspecified atom stereocenters. The maximum absolute atomic E-state index is 12.3. The zero-order chi connectivity index (χ0) is 17.6. The van der Waals surface area contributed by atoms with Crippen LogP contribution in [-0.2, 0) is 4.79 Å². The standard InChI is InChI=1S/C18H18N4O2S/c1-13(17(23)20-14-8-10-16(24-2)11-9-14)25-18-19-12-22(21-18)15-6-4-3-5-7-15/h3-13H,1-2H3,(H,20,23)/t13-/m1/s1. The Hall–Kier alpha value is -2.80. The summed E-state index contributed by atoms with van der Waals surface area (Å²) >= 11 is 1.31. The summed E-state index contributed by atoms with van der Waals surface area (Å²) in [6, 6.07) is 16.9.